The van der Waals surface area contributed by atoms with Crippen molar-refractivity contribution in [2.24, 2.45) is 17.8 Å². The summed E-state index contributed by atoms with van der Waals surface area (Å²) < 4.78 is 0. The van der Waals surface area contributed by atoms with E-state index in [4.69, 9.17) is 0 Å². The van der Waals surface area contributed by atoms with Gasteiger partial charge in [-0.3, -0.25) is 4.79 Å². The number of ketones is 1. The molecule has 2 heteroatoms. The Hall–Kier alpha value is -0.790. The normalized spacial score (nSPS) is 28.3. The molecular formula is C11H19NO. The van der Waals surface area contributed by atoms with Crippen LogP contribution in [0.15, 0.2) is 12.3 Å². The SMILES string of the molecule is CC(C)C1NC=CC(=O)C1C(C)C. The van der Waals surface area contributed by atoms with E-state index in [2.05, 4.69) is 33.0 Å². The Morgan fingerprint density at radius 3 is 2.23 bits per heavy atom. The lowest BCUT2D eigenvalue weighted by Gasteiger charge is -2.34. The number of allylic oxidation sites excluding steroid dienone is 1. The minimum Gasteiger partial charge on any atom is -0.387 e. The number of rotatable bonds is 2. The van der Waals surface area contributed by atoms with E-state index in [9.17, 15) is 4.79 Å². The van der Waals surface area contributed by atoms with E-state index in [0.717, 1.165) is 0 Å². The molecule has 0 saturated carbocycles. The monoisotopic (exact) mass is 181 g/mol. The third-order valence-electron chi connectivity index (χ3n) is 2.69. The van der Waals surface area contributed by atoms with Crippen molar-refractivity contribution in [3.8, 4) is 0 Å². The van der Waals surface area contributed by atoms with Crippen LogP contribution < -0.4 is 5.32 Å². The van der Waals surface area contributed by atoms with Gasteiger partial charge in [0, 0.05) is 18.2 Å². The van der Waals surface area contributed by atoms with E-state index in [0.29, 0.717) is 17.9 Å². The molecule has 0 aliphatic carbocycles. The van der Waals surface area contributed by atoms with E-state index in [-0.39, 0.29) is 11.7 Å². The number of hydrogen-bond acceptors (Lipinski definition) is 2. The fourth-order valence-electron chi connectivity index (χ4n) is 1.98. The van der Waals surface area contributed by atoms with Gasteiger partial charge in [-0.25, -0.2) is 0 Å². The van der Waals surface area contributed by atoms with Crippen LogP contribution in [0.5, 0.6) is 0 Å². The molecule has 0 fully saturated rings. The van der Waals surface area contributed by atoms with Gasteiger partial charge in [-0.05, 0) is 17.9 Å². The molecule has 0 amide bonds. The summed E-state index contributed by atoms with van der Waals surface area (Å²) in [5.74, 6) is 1.33. The summed E-state index contributed by atoms with van der Waals surface area (Å²) in [6.07, 6.45) is 3.44. The minimum atomic E-state index is 0.144. The van der Waals surface area contributed by atoms with Crippen LogP contribution in [0.3, 0.4) is 0 Å². The van der Waals surface area contributed by atoms with Crippen molar-refractivity contribution >= 4 is 5.78 Å². The van der Waals surface area contributed by atoms with Crippen molar-refractivity contribution in [1.29, 1.82) is 0 Å². The molecule has 0 spiro atoms. The van der Waals surface area contributed by atoms with Crippen LogP contribution in [0.1, 0.15) is 27.7 Å². The first-order valence-electron chi connectivity index (χ1n) is 5.00. The van der Waals surface area contributed by atoms with E-state index in [1.165, 1.54) is 0 Å². The van der Waals surface area contributed by atoms with E-state index >= 15 is 0 Å². The molecule has 2 atom stereocenters. The zero-order chi connectivity index (χ0) is 10.0. The van der Waals surface area contributed by atoms with Gasteiger partial charge >= 0.3 is 0 Å². The fraction of sp³-hybridized carbons (Fsp3) is 0.727. The molecule has 0 aromatic carbocycles. The first-order chi connectivity index (χ1) is 6.04. The maximum absolute atomic E-state index is 11.6. The second kappa shape index (κ2) is 3.95. The molecule has 13 heavy (non-hydrogen) atoms. The van der Waals surface area contributed by atoms with Crippen LogP contribution in [0.2, 0.25) is 0 Å². The van der Waals surface area contributed by atoms with Gasteiger partial charge in [0.15, 0.2) is 5.78 Å². The Kier molecular flexibility index (Phi) is 3.12. The van der Waals surface area contributed by atoms with Gasteiger partial charge in [0.1, 0.15) is 0 Å². The third kappa shape index (κ3) is 2.11. The largest absolute Gasteiger partial charge is 0.387 e. The highest BCUT2D eigenvalue weighted by Crippen LogP contribution is 2.24. The van der Waals surface area contributed by atoms with Crippen molar-refractivity contribution in [3.63, 3.8) is 0 Å². The van der Waals surface area contributed by atoms with Gasteiger partial charge in [-0.2, -0.15) is 0 Å². The molecule has 0 bridgehead atoms. The highest BCUT2D eigenvalue weighted by molar-refractivity contribution is 5.93. The van der Waals surface area contributed by atoms with Gasteiger partial charge in [0.25, 0.3) is 0 Å². The lowest BCUT2D eigenvalue weighted by atomic mass is 9.78. The molecule has 0 aromatic rings. The molecule has 0 aromatic heterocycles. The Morgan fingerprint density at radius 1 is 1.23 bits per heavy atom. The number of carbonyl (C=O) groups is 1. The van der Waals surface area contributed by atoms with Crippen molar-refractivity contribution < 1.29 is 4.79 Å². The molecule has 1 rings (SSSR count). The molecule has 1 aliphatic rings. The van der Waals surface area contributed by atoms with Crippen LogP contribution in [-0.2, 0) is 4.79 Å². The molecule has 1 aliphatic heterocycles. The first-order valence-corrected chi connectivity index (χ1v) is 5.00. The van der Waals surface area contributed by atoms with E-state index in [1.807, 2.05) is 0 Å². The van der Waals surface area contributed by atoms with Gasteiger partial charge in [0.2, 0.25) is 0 Å². The Balaban J connectivity index is 2.83. The average Bonchev–Trinajstić information content (AvgIpc) is 2.02. The standard InChI is InChI=1S/C11H19NO/c1-7(2)10-9(13)5-6-12-11(10)8(3)4/h5-8,10-12H,1-4H3. The van der Waals surface area contributed by atoms with Crippen LogP contribution in [0.25, 0.3) is 0 Å². The van der Waals surface area contributed by atoms with Gasteiger partial charge in [0.05, 0.1) is 0 Å². The first kappa shape index (κ1) is 10.3. The summed E-state index contributed by atoms with van der Waals surface area (Å²) in [4.78, 5) is 11.6. The van der Waals surface area contributed by atoms with Gasteiger partial charge in [-0.1, -0.05) is 27.7 Å². The topological polar surface area (TPSA) is 29.1 Å². The Bertz CT molecular complexity index is 218. The lowest BCUT2D eigenvalue weighted by molar-refractivity contribution is -0.121. The van der Waals surface area contributed by atoms with Crippen molar-refractivity contribution in [2.45, 2.75) is 33.7 Å². The second-order valence-corrected chi connectivity index (χ2v) is 4.44. The highest BCUT2D eigenvalue weighted by atomic mass is 16.1. The summed E-state index contributed by atoms with van der Waals surface area (Å²) in [7, 11) is 0. The van der Waals surface area contributed by atoms with E-state index < -0.39 is 0 Å². The summed E-state index contributed by atoms with van der Waals surface area (Å²) in [5, 5.41) is 3.28. The summed E-state index contributed by atoms with van der Waals surface area (Å²) in [6.45, 7) is 8.52. The van der Waals surface area contributed by atoms with Crippen molar-refractivity contribution in [3.05, 3.63) is 12.3 Å². The number of hydrogen-bond donors (Lipinski definition) is 1. The second-order valence-electron chi connectivity index (χ2n) is 4.44. The summed E-state index contributed by atoms with van der Waals surface area (Å²) in [6, 6.07) is 0.303. The maximum Gasteiger partial charge on any atom is 0.162 e. The van der Waals surface area contributed by atoms with Crippen molar-refractivity contribution in [2.75, 3.05) is 0 Å². The van der Waals surface area contributed by atoms with Crippen LogP contribution in [0.4, 0.5) is 0 Å². The number of carbonyl (C=O) groups excluding carboxylic acids is 1. The smallest absolute Gasteiger partial charge is 0.162 e. The van der Waals surface area contributed by atoms with Crippen LogP contribution >= 0.6 is 0 Å². The fourth-order valence-corrected chi connectivity index (χ4v) is 1.98. The Morgan fingerprint density at radius 2 is 1.85 bits per heavy atom. The minimum absolute atomic E-state index is 0.144. The van der Waals surface area contributed by atoms with Crippen LogP contribution in [0, 0.1) is 17.8 Å². The summed E-state index contributed by atoms with van der Waals surface area (Å²) in [5.41, 5.74) is 0. The molecule has 74 valence electrons. The van der Waals surface area contributed by atoms with Crippen molar-refractivity contribution in [1.82, 2.24) is 5.32 Å². The molecular weight excluding hydrogens is 162 g/mol. The lowest BCUT2D eigenvalue weighted by Crippen LogP contribution is -2.46. The molecule has 2 nitrogen and oxygen atoms in total. The summed E-state index contributed by atoms with van der Waals surface area (Å²) >= 11 is 0. The molecule has 0 saturated heterocycles. The predicted molar refractivity (Wildman–Crippen MR) is 54.2 cm³/mol. The third-order valence-corrected chi connectivity index (χ3v) is 2.69. The molecule has 2 unspecified atom stereocenters. The zero-order valence-electron chi connectivity index (χ0n) is 8.87. The molecule has 0 radical (unpaired) electrons. The number of nitrogens with one attached hydrogen (secondary N) is 1. The quantitative estimate of drug-likeness (QED) is 0.705. The maximum atomic E-state index is 11.6. The zero-order valence-corrected chi connectivity index (χ0v) is 8.87. The Labute approximate surface area is 80.4 Å². The van der Waals surface area contributed by atoms with Gasteiger partial charge < -0.3 is 5.32 Å². The molecule has 1 heterocycles. The molecule has 1 N–H and O–H groups in total. The highest BCUT2D eigenvalue weighted by Gasteiger charge is 2.32. The average molecular weight is 181 g/mol. The van der Waals surface area contributed by atoms with Gasteiger partial charge in [-0.15, -0.1) is 0 Å². The van der Waals surface area contributed by atoms with Crippen LogP contribution in [-0.4, -0.2) is 11.8 Å². The van der Waals surface area contributed by atoms with E-state index in [1.54, 1.807) is 12.3 Å². The predicted octanol–water partition coefficient (Wildman–Crippen LogP) is 1.97.